The Labute approximate surface area is 214 Å². The molecule has 0 unspecified atom stereocenters. The van der Waals surface area contributed by atoms with Gasteiger partial charge in [0.2, 0.25) is 5.95 Å². The van der Waals surface area contributed by atoms with Crippen molar-refractivity contribution in [2.45, 2.75) is 32.1 Å². The molecule has 4 aromatic heterocycles. The van der Waals surface area contributed by atoms with Gasteiger partial charge in [0.15, 0.2) is 11.5 Å². The molecule has 0 spiro atoms. The van der Waals surface area contributed by atoms with Crippen molar-refractivity contribution in [3.05, 3.63) is 71.7 Å². The van der Waals surface area contributed by atoms with E-state index >= 15 is 0 Å². The number of aryl methyl sites for hydroxylation is 1. The summed E-state index contributed by atoms with van der Waals surface area (Å²) in [6.45, 7) is 4.85. The van der Waals surface area contributed by atoms with Crippen molar-refractivity contribution in [1.29, 1.82) is 0 Å². The molecule has 9 heteroatoms. The first-order valence-corrected chi connectivity index (χ1v) is 13.0. The zero-order chi connectivity index (χ0) is 24.9. The van der Waals surface area contributed by atoms with Crippen molar-refractivity contribution < 1.29 is 4.79 Å². The van der Waals surface area contributed by atoms with E-state index < -0.39 is 0 Å². The lowest BCUT2D eigenvalue weighted by molar-refractivity contribution is 0.0768. The lowest BCUT2D eigenvalue weighted by Gasteiger charge is -2.22. The second-order valence-corrected chi connectivity index (χ2v) is 9.96. The van der Waals surface area contributed by atoms with E-state index in [1.807, 2.05) is 60.4 Å². The third-order valence-corrected chi connectivity index (χ3v) is 7.38. The Morgan fingerprint density at radius 1 is 1.00 bits per heavy atom. The van der Waals surface area contributed by atoms with Gasteiger partial charge in [-0.3, -0.25) is 4.79 Å². The summed E-state index contributed by atoms with van der Waals surface area (Å²) in [7, 11) is 0. The fourth-order valence-corrected chi connectivity index (χ4v) is 5.30. The summed E-state index contributed by atoms with van der Waals surface area (Å²) in [4.78, 5) is 35.9. The van der Waals surface area contributed by atoms with Crippen molar-refractivity contribution in [3.8, 4) is 5.82 Å². The van der Waals surface area contributed by atoms with Crippen LogP contribution in [0.25, 0.3) is 27.9 Å². The van der Waals surface area contributed by atoms with Crippen molar-refractivity contribution in [2.75, 3.05) is 31.1 Å². The largest absolute Gasteiger partial charge is 0.341 e. The van der Waals surface area contributed by atoms with E-state index in [9.17, 15) is 4.79 Å². The SMILES string of the molecule is Cc1nn(-c2ccccn2)c2nc(C3CC3)cc(C(=O)N3CCCN(c4nc5ccccc5[nH]4)CC3)c12. The number of anilines is 1. The molecular weight excluding hydrogens is 464 g/mol. The number of amides is 1. The monoisotopic (exact) mass is 492 g/mol. The molecule has 5 aromatic rings. The van der Waals surface area contributed by atoms with Crippen LogP contribution in [0.3, 0.4) is 0 Å². The summed E-state index contributed by atoms with van der Waals surface area (Å²) < 4.78 is 1.78. The minimum absolute atomic E-state index is 0.0458. The lowest BCUT2D eigenvalue weighted by Crippen LogP contribution is -2.35. The van der Waals surface area contributed by atoms with Crippen LogP contribution in [0.1, 0.15) is 46.9 Å². The molecule has 2 aliphatic rings. The summed E-state index contributed by atoms with van der Waals surface area (Å²) in [5.74, 6) is 2.03. The maximum absolute atomic E-state index is 14.0. The number of H-pyrrole nitrogens is 1. The highest BCUT2D eigenvalue weighted by Gasteiger charge is 2.31. The topological polar surface area (TPSA) is 95.8 Å². The number of hydrogen-bond donors (Lipinski definition) is 1. The minimum Gasteiger partial charge on any atom is -0.341 e. The molecule has 1 aromatic carbocycles. The van der Waals surface area contributed by atoms with E-state index in [4.69, 9.17) is 15.1 Å². The summed E-state index contributed by atoms with van der Waals surface area (Å²) in [6.07, 6.45) is 4.84. The number of benzene rings is 1. The van der Waals surface area contributed by atoms with Crippen molar-refractivity contribution in [1.82, 2.24) is 34.6 Å². The molecule has 1 aliphatic heterocycles. The first kappa shape index (κ1) is 22.0. The molecule has 1 aliphatic carbocycles. The van der Waals surface area contributed by atoms with Crippen molar-refractivity contribution >= 4 is 33.9 Å². The quantitative estimate of drug-likeness (QED) is 0.403. The smallest absolute Gasteiger partial charge is 0.254 e. The molecule has 1 N–H and O–H groups in total. The Morgan fingerprint density at radius 2 is 1.86 bits per heavy atom. The summed E-state index contributed by atoms with van der Waals surface area (Å²) in [5.41, 5.74) is 5.17. The summed E-state index contributed by atoms with van der Waals surface area (Å²) >= 11 is 0. The van der Waals surface area contributed by atoms with Gasteiger partial charge >= 0.3 is 0 Å². The Morgan fingerprint density at radius 3 is 2.68 bits per heavy atom. The Balaban J connectivity index is 1.22. The normalized spacial score (nSPS) is 16.5. The van der Waals surface area contributed by atoms with E-state index in [1.54, 1.807) is 10.9 Å². The number of carbonyl (C=O) groups excluding carboxylic acids is 1. The molecule has 0 atom stereocenters. The van der Waals surface area contributed by atoms with E-state index in [-0.39, 0.29) is 5.91 Å². The maximum Gasteiger partial charge on any atom is 0.254 e. The first-order valence-electron chi connectivity index (χ1n) is 13.0. The van der Waals surface area contributed by atoms with Crippen LogP contribution >= 0.6 is 0 Å². The number of aromatic nitrogens is 6. The van der Waals surface area contributed by atoms with Crippen LogP contribution in [-0.2, 0) is 0 Å². The van der Waals surface area contributed by atoms with E-state index in [1.165, 1.54) is 0 Å². The number of aromatic amines is 1. The van der Waals surface area contributed by atoms with Crippen LogP contribution in [-0.4, -0.2) is 66.7 Å². The highest BCUT2D eigenvalue weighted by atomic mass is 16.2. The molecule has 1 saturated heterocycles. The predicted molar refractivity (Wildman–Crippen MR) is 142 cm³/mol. The average Bonchev–Trinajstić information content (AvgIpc) is 3.67. The molecule has 5 heterocycles. The van der Waals surface area contributed by atoms with Gasteiger partial charge in [0, 0.05) is 44.0 Å². The number of nitrogens with one attached hydrogen (secondary N) is 1. The van der Waals surface area contributed by atoms with Crippen molar-refractivity contribution in [3.63, 3.8) is 0 Å². The lowest BCUT2D eigenvalue weighted by atomic mass is 10.1. The molecule has 0 radical (unpaired) electrons. The van der Waals surface area contributed by atoms with E-state index in [0.717, 1.165) is 66.1 Å². The van der Waals surface area contributed by atoms with Gasteiger partial charge in [-0.1, -0.05) is 18.2 Å². The maximum atomic E-state index is 14.0. The molecule has 7 rings (SSSR count). The Bertz CT molecular complexity index is 1580. The average molecular weight is 493 g/mol. The van der Waals surface area contributed by atoms with Crippen LogP contribution < -0.4 is 4.90 Å². The third kappa shape index (κ3) is 3.91. The number of imidazole rings is 1. The van der Waals surface area contributed by atoms with Gasteiger partial charge < -0.3 is 14.8 Å². The second-order valence-electron chi connectivity index (χ2n) is 9.96. The Kier molecular flexibility index (Phi) is 5.16. The van der Waals surface area contributed by atoms with Crippen molar-refractivity contribution in [2.24, 2.45) is 0 Å². The highest BCUT2D eigenvalue weighted by molar-refractivity contribution is 6.07. The second kappa shape index (κ2) is 8.69. The van der Waals surface area contributed by atoms with Gasteiger partial charge in [-0.25, -0.2) is 15.0 Å². The summed E-state index contributed by atoms with van der Waals surface area (Å²) in [5, 5.41) is 5.58. The zero-order valence-corrected chi connectivity index (χ0v) is 20.8. The van der Waals surface area contributed by atoms with Crippen LogP contribution in [0, 0.1) is 6.92 Å². The number of rotatable bonds is 4. The molecule has 1 saturated carbocycles. The van der Waals surface area contributed by atoms with Crippen LogP contribution in [0.4, 0.5) is 5.95 Å². The van der Waals surface area contributed by atoms with Crippen LogP contribution in [0.5, 0.6) is 0 Å². The van der Waals surface area contributed by atoms with Gasteiger partial charge in [-0.15, -0.1) is 0 Å². The number of para-hydroxylation sites is 2. The molecule has 186 valence electrons. The fourth-order valence-electron chi connectivity index (χ4n) is 5.30. The molecular formula is C28H28N8O. The fraction of sp³-hybridized carbons (Fsp3) is 0.321. The van der Waals surface area contributed by atoms with E-state index in [0.29, 0.717) is 36.0 Å². The number of hydrogen-bond acceptors (Lipinski definition) is 6. The Hall–Kier alpha value is -4.27. The van der Waals surface area contributed by atoms with Gasteiger partial charge in [-0.05, 0) is 56.5 Å². The van der Waals surface area contributed by atoms with Gasteiger partial charge in [0.1, 0.15) is 0 Å². The highest BCUT2D eigenvalue weighted by Crippen LogP contribution is 2.41. The molecule has 2 fully saturated rings. The number of fused-ring (bicyclic) bond motifs is 2. The van der Waals surface area contributed by atoms with Gasteiger partial charge in [-0.2, -0.15) is 9.78 Å². The minimum atomic E-state index is 0.0458. The standard InChI is InChI=1S/C28H28N8O/c1-18-25-20(17-23(19-10-11-19)30-26(25)36(33-18)24-9-4-5-12-29-24)27(37)34-13-6-14-35(16-15-34)28-31-21-7-2-3-8-22(21)32-28/h2-5,7-9,12,17,19H,6,10-11,13-16H2,1H3,(H,31,32). The predicted octanol–water partition coefficient (Wildman–Crippen LogP) is 4.23. The molecule has 9 nitrogen and oxygen atoms in total. The number of carbonyl (C=O) groups is 1. The third-order valence-electron chi connectivity index (χ3n) is 7.38. The van der Waals surface area contributed by atoms with Crippen LogP contribution in [0.15, 0.2) is 54.7 Å². The number of nitrogens with zero attached hydrogens (tertiary/aromatic N) is 7. The molecule has 0 bridgehead atoms. The van der Waals surface area contributed by atoms with E-state index in [2.05, 4.69) is 14.9 Å². The first-order chi connectivity index (χ1) is 18.2. The van der Waals surface area contributed by atoms with Gasteiger partial charge in [0.05, 0.1) is 27.7 Å². The summed E-state index contributed by atoms with van der Waals surface area (Å²) in [6, 6.07) is 15.8. The van der Waals surface area contributed by atoms with Gasteiger partial charge in [0.25, 0.3) is 5.91 Å². The zero-order valence-electron chi connectivity index (χ0n) is 20.8. The molecule has 37 heavy (non-hydrogen) atoms. The number of pyridine rings is 2. The molecule has 1 amide bonds. The van der Waals surface area contributed by atoms with Crippen LogP contribution in [0.2, 0.25) is 0 Å².